The molecule has 2 rings (SSSR count). The molecule has 0 atom stereocenters. The van der Waals surface area contributed by atoms with Gasteiger partial charge in [-0.1, -0.05) is 6.42 Å². The third-order valence-corrected chi connectivity index (χ3v) is 3.41. The summed E-state index contributed by atoms with van der Waals surface area (Å²) >= 11 is 3.43. The summed E-state index contributed by atoms with van der Waals surface area (Å²) in [4.78, 5) is 0. The fourth-order valence-electron chi connectivity index (χ4n) is 1.71. The lowest BCUT2D eigenvalue weighted by molar-refractivity contribution is 0.396. The van der Waals surface area contributed by atoms with Crippen LogP contribution in [-0.2, 0) is 7.05 Å². The van der Waals surface area contributed by atoms with Crippen molar-refractivity contribution in [3.05, 3.63) is 15.9 Å². The molecule has 0 spiro atoms. The lowest BCUT2D eigenvalue weighted by Gasteiger charge is -2.25. The molecule has 0 N–H and O–H groups in total. The van der Waals surface area contributed by atoms with E-state index in [-0.39, 0.29) is 0 Å². The number of aryl methyl sites for hydroxylation is 1. The maximum absolute atomic E-state index is 8.77. The number of rotatable bonds is 1. The summed E-state index contributed by atoms with van der Waals surface area (Å²) < 4.78 is 2.72. The van der Waals surface area contributed by atoms with E-state index in [9.17, 15) is 0 Å². The minimum atomic E-state index is 0.504. The first-order valence-corrected chi connectivity index (χ1v) is 5.16. The van der Waals surface area contributed by atoms with Gasteiger partial charge in [0.2, 0.25) is 0 Å². The van der Waals surface area contributed by atoms with Crippen molar-refractivity contribution >= 4 is 15.9 Å². The van der Waals surface area contributed by atoms with Crippen molar-refractivity contribution < 1.29 is 0 Å². The van der Waals surface area contributed by atoms with E-state index in [0.717, 1.165) is 4.47 Å². The van der Waals surface area contributed by atoms with Gasteiger partial charge in [0.25, 0.3) is 0 Å². The van der Waals surface area contributed by atoms with E-state index in [1.807, 2.05) is 11.7 Å². The maximum Gasteiger partial charge on any atom is 0.176 e. The van der Waals surface area contributed by atoms with Gasteiger partial charge in [0.15, 0.2) is 5.69 Å². The Labute approximate surface area is 85.5 Å². The van der Waals surface area contributed by atoms with Crippen molar-refractivity contribution in [3.8, 4) is 6.07 Å². The average Bonchev–Trinajstić information content (AvgIpc) is 2.29. The number of hydrogen-bond donors (Lipinski definition) is 0. The van der Waals surface area contributed by atoms with Crippen LogP contribution in [0.25, 0.3) is 0 Å². The molecule has 0 amide bonds. The minimum Gasteiger partial charge on any atom is -0.270 e. The first-order chi connectivity index (χ1) is 6.24. The molecule has 1 aromatic rings. The molecule has 13 heavy (non-hydrogen) atoms. The first-order valence-electron chi connectivity index (χ1n) is 4.36. The van der Waals surface area contributed by atoms with Crippen molar-refractivity contribution in [1.29, 1.82) is 5.26 Å². The molecule has 1 fully saturated rings. The van der Waals surface area contributed by atoms with E-state index in [2.05, 4.69) is 27.1 Å². The minimum absolute atomic E-state index is 0.504. The van der Waals surface area contributed by atoms with Crippen LogP contribution in [-0.4, -0.2) is 9.78 Å². The molecule has 1 saturated carbocycles. The van der Waals surface area contributed by atoms with Crippen LogP contribution in [0.5, 0.6) is 0 Å². The Balaban J connectivity index is 2.44. The van der Waals surface area contributed by atoms with E-state index in [1.165, 1.54) is 25.0 Å². The summed E-state index contributed by atoms with van der Waals surface area (Å²) in [5.41, 5.74) is 1.69. The molecular formula is C9H10BrN3. The zero-order chi connectivity index (χ0) is 9.42. The molecule has 1 heterocycles. The molecule has 0 saturated heterocycles. The Morgan fingerprint density at radius 2 is 2.31 bits per heavy atom. The highest BCUT2D eigenvalue weighted by Crippen LogP contribution is 2.40. The molecule has 0 aromatic carbocycles. The Morgan fingerprint density at radius 1 is 1.62 bits per heavy atom. The fraction of sp³-hybridized carbons (Fsp3) is 0.556. The Morgan fingerprint density at radius 3 is 2.69 bits per heavy atom. The molecule has 0 bridgehead atoms. The Bertz CT molecular complexity index is 371. The SMILES string of the molecule is Cn1nc(C#N)c(Br)c1C1CCC1. The van der Waals surface area contributed by atoms with E-state index >= 15 is 0 Å². The van der Waals surface area contributed by atoms with Gasteiger partial charge in [-0.3, -0.25) is 4.68 Å². The number of nitriles is 1. The van der Waals surface area contributed by atoms with Gasteiger partial charge in [-0.25, -0.2) is 0 Å². The van der Waals surface area contributed by atoms with Gasteiger partial charge < -0.3 is 0 Å². The zero-order valence-electron chi connectivity index (χ0n) is 7.42. The summed E-state index contributed by atoms with van der Waals surface area (Å²) in [6, 6.07) is 2.08. The molecule has 3 nitrogen and oxygen atoms in total. The number of nitrogens with zero attached hydrogens (tertiary/aromatic N) is 3. The van der Waals surface area contributed by atoms with Gasteiger partial charge in [0.05, 0.1) is 10.2 Å². The van der Waals surface area contributed by atoms with Crippen LogP contribution >= 0.6 is 15.9 Å². The van der Waals surface area contributed by atoms with Gasteiger partial charge >= 0.3 is 0 Å². The second-order valence-electron chi connectivity index (χ2n) is 3.41. The van der Waals surface area contributed by atoms with Crippen LogP contribution in [0.4, 0.5) is 0 Å². The monoisotopic (exact) mass is 239 g/mol. The van der Waals surface area contributed by atoms with Crippen LogP contribution in [0.2, 0.25) is 0 Å². The average molecular weight is 240 g/mol. The molecule has 4 heteroatoms. The summed E-state index contributed by atoms with van der Waals surface area (Å²) in [7, 11) is 1.90. The van der Waals surface area contributed by atoms with Crippen molar-refractivity contribution in [1.82, 2.24) is 9.78 Å². The lowest BCUT2D eigenvalue weighted by atomic mass is 9.83. The second kappa shape index (κ2) is 3.15. The van der Waals surface area contributed by atoms with Gasteiger partial charge in [-0.2, -0.15) is 10.4 Å². The van der Waals surface area contributed by atoms with E-state index in [4.69, 9.17) is 5.26 Å². The van der Waals surface area contributed by atoms with Crippen molar-refractivity contribution in [2.24, 2.45) is 7.05 Å². The third kappa shape index (κ3) is 1.28. The summed E-state index contributed by atoms with van der Waals surface area (Å²) in [6.45, 7) is 0. The van der Waals surface area contributed by atoms with Crippen molar-refractivity contribution in [2.75, 3.05) is 0 Å². The standard InChI is InChI=1S/C9H10BrN3/c1-13-9(6-3-2-4-6)8(10)7(5-11)12-13/h6H,2-4H2,1H3. The topological polar surface area (TPSA) is 41.6 Å². The molecular weight excluding hydrogens is 230 g/mol. The smallest absolute Gasteiger partial charge is 0.176 e. The maximum atomic E-state index is 8.77. The van der Waals surface area contributed by atoms with Crippen molar-refractivity contribution in [3.63, 3.8) is 0 Å². The predicted molar refractivity (Wildman–Crippen MR) is 52.2 cm³/mol. The van der Waals surface area contributed by atoms with Crippen LogP contribution in [0.3, 0.4) is 0 Å². The van der Waals surface area contributed by atoms with Gasteiger partial charge in [0, 0.05) is 13.0 Å². The summed E-state index contributed by atoms with van der Waals surface area (Å²) in [5.74, 6) is 0.606. The summed E-state index contributed by atoms with van der Waals surface area (Å²) in [5, 5.41) is 12.9. The van der Waals surface area contributed by atoms with Crippen molar-refractivity contribution in [2.45, 2.75) is 25.2 Å². The molecule has 0 aliphatic heterocycles. The van der Waals surface area contributed by atoms with E-state index in [1.54, 1.807) is 0 Å². The molecule has 68 valence electrons. The van der Waals surface area contributed by atoms with E-state index < -0.39 is 0 Å². The number of hydrogen-bond acceptors (Lipinski definition) is 2. The predicted octanol–water partition coefficient (Wildman–Crippen LogP) is 2.32. The second-order valence-corrected chi connectivity index (χ2v) is 4.20. The largest absolute Gasteiger partial charge is 0.270 e. The lowest BCUT2D eigenvalue weighted by Crippen LogP contribution is -2.13. The third-order valence-electron chi connectivity index (χ3n) is 2.63. The fourth-order valence-corrected chi connectivity index (χ4v) is 2.46. The summed E-state index contributed by atoms with van der Waals surface area (Å²) in [6.07, 6.45) is 3.75. The van der Waals surface area contributed by atoms with Crippen LogP contribution < -0.4 is 0 Å². The van der Waals surface area contributed by atoms with E-state index in [0.29, 0.717) is 11.6 Å². The molecule has 1 aromatic heterocycles. The highest BCUT2D eigenvalue weighted by Gasteiger charge is 2.26. The van der Waals surface area contributed by atoms with Gasteiger partial charge in [-0.05, 0) is 28.8 Å². The first kappa shape index (κ1) is 8.76. The number of aromatic nitrogens is 2. The Hall–Kier alpha value is -0.820. The molecule has 1 aliphatic carbocycles. The van der Waals surface area contributed by atoms with Gasteiger partial charge in [0.1, 0.15) is 6.07 Å². The van der Waals surface area contributed by atoms with Crippen LogP contribution in [0.1, 0.15) is 36.6 Å². The normalized spacial score (nSPS) is 16.7. The Kier molecular flexibility index (Phi) is 2.12. The number of halogens is 1. The highest BCUT2D eigenvalue weighted by atomic mass is 79.9. The zero-order valence-corrected chi connectivity index (χ0v) is 9.00. The van der Waals surface area contributed by atoms with Crippen LogP contribution in [0, 0.1) is 11.3 Å². The molecule has 0 unspecified atom stereocenters. The molecule has 0 radical (unpaired) electrons. The van der Waals surface area contributed by atoms with Gasteiger partial charge in [-0.15, -0.1) is 0 Å². The quantitative estimate of drug-likeness (QED) is 0.755. The highest BCUT2D eigenvalue weighted by molar-refractivity contribution is 9.10. The molecule has 1 aliphatic rings. The van der Waals surface area contributed by atoms with Crippen LogP contribution in [0.15, 0.2) is 4.47 Å².